The molecule has 8 heteroatoms. The lowest BCUT2D eigenvalue weighted by Crippen LogP contribution is -2.47. The van der Waals surface area contributed by atoms with Crippen molar-refractivity contribution in [2.45, 2.75) is 61.9 Å². The Morgan fingerprint density at radius 3 is 2.76 bits per heavy atom. The Morgan fingerprint density at radius 1 is 1.31 bits per heavy atom. The second-order valence-corrected chi connectivity index (χ2v) is 9.55. The van der Waals surface area contributed by atoms with Crippen molar-refractivity contribution in [1.82, 2.24) is 15.4 Å². The molecule has 7 nitrogen and oxygen atoms in total. The normalized spacial score (nSPS) is 20.8. The van der Waals surface area contributed by atoms with Gasteiger partial charge in [-0.15, -0.1) is 0 Å². The van der Waals surface area contributed by atoms with Gasteiger partial charge in [-0.05, 0) is 76.7 Å². The van der Waals surface area contributed by atoms with E-state index in [1.54, 1.807) is 0 Å². The molecule has 3 rings (SSSR count). The molecule has 1 fully saturated rings. The van der Waals surface area contributed by atoms with Crippen LogP contribution in [0.5, 0.6) is 5.75 Å². The van der Waals surface area contributed by atoms with Crippen molar-refractivity contribution in [3.05, 3.63) is 35.4 Å². The molecule has 0 bridgehead atoms. The van der Waals surface area contributed by atoms with Crippen molar-refractivity contribution < 1.29 is 17.9 Å². The van der Waals surface area contributed by atoms with Gasteiger partial charge in [-0.1, -0.05) is 11.6 Å². The van der Waals surface area contributed by atoms with Crippen LogP contribution in [-0.4, -0.2) is 47.1 Å². The fourth-order valence-electron chi connectivity index (χ4n) is 4.12. The van der Waals surface area contributed by atoms with Crippen LogP contribution in [0.3, 0.4) is 0 Å². The highest BCUT2D eigenvalue weighted by Crippen LogP contribution is 2.26. The Bertz CT molecular complexity index is 861. The number of methoxy groups -OCH3 is 1. The Labute approximate surface area is 173 Å². The molecule has 0 radical (unpaired) electrons. The van der Waals surface area contributed by atoms with Crippen LogP contribution in [0.25, 0.3) is 0 Å². The third kappa shape index (κ3) is 5.38. The van der Waals surface area contributed by atoms with Gasteiger partial charge in [0.05, 0.1) is 17.6 Å². The number of ether oxygens (including phenoxy) is 1. The van der Waals surface area contributed by atoms with E-state index in [-0.39, 0.29) is 28.4 Å². The number of carbonyl (C=O) groups excluding carboxylic acids is 1. The fourth-order valence-corrected chi connectivity index (χ4v) is 4.87. The van der Waals surface area contributed by atoms with Crippen LogP contribution in [0.4, 0.5) is 0 Å². The van der Waals surface area contributed by atoms with Gasteiger partial charge in [-0.2, -0.15) is 0 Å². The van der Waals surface area contributed by atoms with Crippen LogP contribution in [0.15, 0.2) is 34.7 Å². The zero-order chi connectivity index (χ0) is 20.9. The summed E-state index contributed by atoms with van der Waals surface area (Å²) in [6.07, 6.45) is 9.84. The summed E-state index contributed by atoms with van der Waals surface area (Å²) < 4.78 is 31.9. The van der Waals surface area contributed by atoms with E-state index in [9.17, 15) is 13.2 Å². The van der Waals surface area contributed by atoms with Crippen LogP contribution in [0.1, 0.15) is 55.3 Å². The lowest BCUT2D eigenvalue weighted by molar-refractivity contribution is 0.0925. The molecule has 1 amide bonds. The topological polar surface area (TPSA) is 96.5 Å². The molecular formula is C21H31N3O4S. The zero-order valence-electron chi connectivity index (χ0n) is 17.2. The summed E-state index contributed by atoms with van der Waals surface area (Å²) >= 11 is 0. The van der Waals surface area contributed by atoms with Crippen LogP contribution >= 0.6 is 0 Å². The summed E-state index contributed by atoms with van der Waals surface area (Å²) in [5.74, 6) is 0.0395. The van der Waals surface area contributed by atoms with E-state index in [1.165, 1.54) is 50.8 Å². The maximum absolute atomic E-state index is 13.1. The molecule has 1 aliphatic heterocycles. The number of hydrogen-bond acceptors (Lipinski definition) is 5. The van der Waals surface area contributed by atoms with Gasteiger partial charge in [0.15, 0.2) is 0 Å². The van der Waals surface area contributed by atoms with Gasteiger partial charge in [0, 0.05) is 12.1 Å². The molecule has 0 spiro atoms. The predicted octanol–water partition coefficient (Wildman–Crippen LogP) is 2.34. The predicted molar refractivity (Wildman–Crippen MR) is 113 cm³/mol. The van der Waals surface area contributed by atoms with E-state index in [4.69, 9.17) is 4.74 Å². The monoisotopic (exact) mass is 421 g/mol. The van der Waals surface area contributed by atoms with Crippen LogP contribution in [0.2, 0.25) is 0 Å². The molecule has 29 heavy (non-hydrogen) atoms. The molecule has 2 aliphatic rings. The Balaban J connectivity index is 1.84. The van der Waals surface area contributed by atoms with Gasteiger partial charge < -0.3 is 15.4 Å². The first-order chi connectivity index (χ1) is 13.9. The number of hydrogen-bond donors (Lipinski definition) is 3. The van der Waals surface area contributed by atoms with Gasteiger partial charge in [0.25, 0.3) is 5.91 Å². The summed E-state index contributed by atoms with van der Waals surface area (Å²) in [4.78, 5) is 13.2. The van der Waals surface area contributed by atoms with E-state index >= 15 is 0 Å². The third-order valence-electron chi connectivity index (χ3n) is 5.76. The fraction of sp³-hybridized carbons (Fsp3) is 0.571. The van der Waals surface area contributed by atoms with E-state index in [0.717, 1.165) is 38.6 Å². The standard InChI is InChI=1S/C21H31N3O4S/c1-22-29(26,27)16-10-11-20(28-2)17(14-16)21(25)24-19(18-9-6-12-23-18)13-15-7-4-3-5-8-15/h7,10-11,14,18-19,22-23H,3-6,8-9,12-13H2,1-2H3,(H,24,25). The molecule has 1 aromatic rings. The van der Waals surface area contributed by atoms with Gasteiger partial charge in [-0.3, -0.25) is 4.79 Å². The van der Waals surface area contributed by atoms with Gasteiger partial charge >= 0.3 is 0 Å². The van der Waals surface area contributed by atoms with Crippen molar-refractivity contribution in [2.75, 3.05) is 20.7 Å². The number of allylic oxidation sites excluding steroid dienone is 1. The molecule has 1 aromatic carbocycles. The summed E-state index contributed by atoms with van der Waals surface area (Å²) in [6, 6.07) is 4.51. The first-order valence-corrected chi connectivity index (χ1v) is 11.8. The van der Waals surface area contributed by atoms with Crippen LogP contribution in [-0.2, 0) is 10.0 Å². The smallest absolute Gasteiger partial charge is 0.255 e. The first kappa shape index (κ1) is 21.8. The number of benzene rings is 1. The Hall–Kier alpha value is -1.90. The Kier molecular flexibility index (Phi) is 7.32. The number of rotatable bonds is 8. The molecule has 0 saturated carbocycles. The number of nitrogens with one attached hydrogen (secondary N) is 3. The van der Waals surface area contributed by atoms with E-state index in [1.807, 2.05) is 0 Å². The molecular weight excluding hydrogens is 390 g/mol. The summed E-state index contributed by atoms with van der Waals surface area (Å²) in [5.41, 5.74) is 1.62. The van der Waals surface area contributed by atoms with Crippen LogP contribution < -0.4 is 20.1 Å². The molecule has 160 valence electrons. The largest absolute Gasteiger partial charge is 0.496 e. The van der Waals surface area contributed by atoms with Crippen molar-refractivity contribution >= 4 is 15.9 Å². The maximum atomic E-state index is 13.1. The minimum absolute atomic E-state index is 0.0383. The number of amides is 1. The third-order valence-corrected chi connectivity index (χ3v) is 7.17. The van der Waals surface area contributed by atoms with E-state index in [2.05, 4.69) is 21.4 Å². The average Bonchev–Trinajstić information content (AvgIpc) is 3.28. The molecule has 1 aliphatic carbocycles. The lowest BCUT2D eigenvalue weighted by Gasteiger charge is -2.27. The maximum Gasteiger partial charge on any atom is 0.255 e. The number of sulfonamides is 1. The van der Waals surface area contributed by atoms with Gasteiger partial charge in [0.2, 0.25) is 10.0 Å². The summed E-state index contributed by atoms with van der Waals surface area (Å²) in [6.45, 7) is 0.954. The van der Waals surface area contributed by atoms with E-state index in [0.29, 0.717) is 5.75 Å². The highest BCUT2D eigenvalue weighted by molar-refractivity contribution is 7.89. The minimum Gasteiger partial charge on any atom is -0.496 e. The first-order valence-electron chi connectivity index (χ1n) is 10.3. The summed E-state index contributed by atoms with van der Waals surface area (Å²) in [5, 5.41) is 6.65. The highest BCUT2D eigenvalue weighted by atomic mass is 32.2. The highest BCUT2D eigenvalue weighted by Gasteiger charge is 2.28. The van der Waals surface area contributed by atoms with Crippen molar-refractivity contribution in [2.24, 2.45) is 0 Å². The van der Waals surface area contributed by atoms with Crippen molar-refractivity contribution in [3.8, 4) is 5.75 Å². The summed E-state index contributed by atoms with van der Waals surface area (Å²) in [7, 11) is -0.833. The SMILES string of the molecule is CNS(=O)(=O)c1ccc(OC)c(C(=O)NC(CC2=CCCCC2)C2CCCN2)c1. The zero-order valence-corrected chi connectivity index (χ0v) is 18.0. The molecule has 3 N–H and O–H groups in total. The lowest BCUT2D eigenvalue weighted by atomic mass is 9.91. The molecule has 1 heterocycles. The molecule has 2 atom stereocenters. The van der Waals surface area contributed by atoms with Crippen LogP contribution in [0, 0.1) is 0 Å². The van der Waals surface area contributed by atoms with Gasteiger partial charge in [0.1, 0.15) is 5.75 Å². The second kappa shape index (κ2) is 9.73. The van der Waals surface area contributed by atoms with E-state index < -0.39 is 10.0 Å². The molecule has 1 saturated heterocycles. The number of carbonyl (C=O) groups is 1. The molecule has 0 aromatic heterocycles. The average molecular weight is 422 g/mol. The van der Waals surface area contributed by atoms with Crippen molar-refractivity contribution in [3.63, 3.8) is 0 Å². The molecule has 2 unspecified atom stereocenters. The van der Waals surface area contributed by atoms with Gasteiger partial charge in [-0.25, -0.2) is 13.1 Å². The quantitative estimate of drug-likeness (QED) is 0.560. The van der Waals surface area contributed by atoms with Crippen molar-refractivity contribution in [1.29, 1.82) is 0 Å². The minimum atomic E-state index is -3.65. The Morgan fingerprint density at radius 2 is 2.14 bits per heavy atom. The second-order valence-electron chi connectivity index (χ2n) is 7.66.